The molecule has 2 nitrogen and oxygen atoms in total. The van der Waals surface area contributed by atoms with Crippen LogP contribution in [0.4, 0.5) is 4.39 Å². The van der Waals surface area contributed by atoms with Crippen molar-refractivity contribution in [2.24, 2.45) is 11.8 Å². The maximum Gasteiger partial charge on any atom is 0.307 e. The van der Waals surface area contributed by atoms with Gasteiger partial charge < -0.3 is 5.11 Å². The molecule has 1 N–H and O–H groups in total. The molecule has 0 amide bonds. The summed E-state index contributed by atoms with van der Waals surface area (Å²) in [5.74, 6) is -0.658. The molecule has 3 atom stereocenters. The summed E-state index contributed by atoms with van der Waals surface area (Å²) in [6.07, 6.45) is 3.71. The third-order valence-corrected chi connectivity index (χ3v) is 4.46. The fourth-order valence-electron chi connectivity index (χ4n) is 3.19. The zero-order valence-electron chi connectivity index (χ0n) is 11.5. The van der Waals surface area contributed by atoms with Gasteiger partial charge in [-0.05, 0) is 55.2 Å². The molecule has 3 heteroatoms. The van der Waals surface area contributed by atoms with Crippen molar-refractivity contribution in [3.63, 3.8) is 0 Å². The van der Waals surface area contributed by atoms with E-state index in [9.17, 15) is 14.3 Å². The zero-order valence-corrected chi connectivity index (χ0v) is 11.5. The summed E-state index contributed by atoms with van der Waals surface area (Å²) in [5, 5.41) is 9.38. The quantitative estimate of drug-likeness (QED) is 0.891. The molecule has 1 aliphatic carbocycles. The van der Waals surface area contributed by atoms with Gasteiger partial charge in [-0.1, -0.05) is 25.5 Å². The normalized spacial score (nSPS) is 27.2. The highest BCUT2D eigenvalue weighted by Crippen LogP contribution is 2.42. The first-order chi connectivity index (χ1) is 9.02. The predicted octanol–water partition coefficient (Wildman–Crippen LogP) is 4.13. The number of aryl methyl sites for hydroxylation is 1. The van der Waals surface area contributed by atoms with Crippen LogP contribution in [0.5, 0.6) is 0 Å². The molecule has 1 aliphatic rings. The Hall–Kier alpha value is -1.38. The Balaban J connectivity index is 2.30. The van der Waals surface area contributed by atoms with Crippen molar-refractivity contribution >= 4 is 5.97 Å². The lowest BCUT2D eigenvalue weighted by molar-refractivity contribution is -0.143. The second-order valence-corrected chi connectivity index (χ2v) is 5.65. The second-order valence-electron chi connectivity index (χ2n) is 5.65. The summed E-state index contributed by atoms with van der Waals surface area (Å²) in [6.45, 7) is 3.88. The van der Waals surface area contributed by atoms with Crippen LogP contribution in [0.15, 0.2) is 18.2 Å². The van der Waals surface area contributed by atoms with Gasteiger partial charge in [0.05, 0.1) is 5.92 Å². The zero-order chi connectivity index (χ0) is 14.0. The van der Waals surface area contributed by atoms with Crippen LogP contribution in [-0.2, 0) is 4.79 Å². The molecule has 1 fully saturated rings. The summed E-state index contributed by atoms with van der Waals surface area (Å²) in [5.41, 5.74) is 1.57. The average Bonchev–Trinajstić information content (AvgIpc) is 2.41. The van der Waals surface area contributed by atoms with Gasteiger partial charge in [0.2, 0.25) is 0 Å². The molecular formula is C16H21FO2. The van der Waals surface area contributed by atoms with Gasteiger partial charge in [-0.3, -0.25) is 4.79 Å². The van der Waals surface area contributed by atoms with Gasteiger partial charge >= 0.3 is 5.97 Å². The van der Waals surface area contributed by atoms with E-state index in [1.807, 2.05) is 6.07 Å². The molecule has 0 saturated heterocycles. The SMILES string of the molecule is CCC1CCC(C(=O)O)C(c2ccc(F)c(C)c2)C1. The van der Waals surface area contributed by atoms with E-state index >= 15 is 0 Å². The fourth-order valence-corrected chi connectivity index (χ4v) is 3.19. The number of hydrogen-bond donors (Lipinski definition) is 1. The van der Waals surface area contributed by atoms with Crippen LogP contribution in [0, 0.1) is 24.6 Å². The Morgan fingerprint density at radius 1 is 1.42 bits per heavy atom. The fraction of sp³-hybridized carbons (Fsp3) is 0.562. The first-order valence-electron chi connectivity index (χ1n) is 7.01. The Morgan fingerprint density at radius 3 is 2.74 bits per heavy atom. The van der Waals surface area contributed by atoms with Crippen LogP contribution < -0.4 is 0 Å². The lowest BCUT2D eigenvalue weighted by Crippen LogP contribution is -2.29. The Bertz CT molecular complexity index is 470. The molecule has 0 radical (unpaired) electrons. The summed E-state index contributed by atoms with van der Waals surface area (Å²) in [7, 11) is 0. The number of benzene rings is 1. The molecule has 104 valence electrons. The van der Waals surface area contributed by atoms with E-state index in [2.05, 4.69) is 6.92 Å². The first kappa shape index (κ1) is 14.0. The van der Waals surface area contributed by atoms with Crippen molar-refractivity contribution < 1.29 is 14.3 Å². The minimum atomic E-state index is -0.721. The standard InChI is InChI=1S/C16H21FO2/c1-3-11-4-6-13(16(18)19)14(9-11)12-5-7-15(17)10(2)8-12/h5,7-8,11,13-14H,3-4,6,9H2,1-2H3,(H,18,19). The summed E-state index contributed by atoms with van der Waals surface area (Å²) >= 11 is 0. The van der Waals surface area contributed by atoms with E-state index < -0.39 is 5.97 Å². The number of halogens is 1. The van der Waals surface area contributed by atoms with Crippen LogP contribution in [0.2, 0.25) is 0 Å². The smallest absolute Gasteiger partial charge is 0.307 e. The molecule has 19 heavy (non-hydrogen) atoms. The summed E-state index contributed by atoms with van der Waals surface area (Å²) < 4.78 is 13.3. The number of carbonyl (C=O) groups is 1. The van der Waals surface area contributed by atoms with E-state index in [0.29, 0.717) is 11.5 Å². The van der Waals surface area contributed by atoms with Crippen LogP contribution in [0.3, 0.4) is 0 Å². The highest BCUT2D eigenvalue weighted by atomic mass is 19.1. The van der Waals surface area contributed by atoms with Gasteiger partial charge in [0.1, 0.15) is 5.82 Å². The lowest BCUT2D eigenvalue weighted by atomic mass is 9.70. The topological polar surface area (TPSA) is 37.3 Å². The van der Waals surface area contributed by atoms with Crippen LogP contribution >= 0.6 is 0 Å². The number of carboxylic acid groups (broad SMARTS) is 1. The second kappa shape index (κ2) is 5.72. The molecule has 1 aromatic carbocycles. The first-order valence-corrected chi connectivity index (χ1v) is 7.01. The lowest BCUT2D eigenvalue weighted by Gasteiger charge is -2.34. The van der Waals surface area contributed by atoms with Gasteiger partial charge in [-0.2, -0.15) is 0 Å². The highest BCUT2D eigenvalue weighted by Gasteiger charge is 2.35. The predicted molar refractivity (Wildman–Crippen MR) is 72.6 cm³/mol. The average molecular weight is 264 g/mol. The van der Waals surface area contributed by atoms with Crippen molar-refractivity contribution in [1.82, 2.24) is 0 Å². The minimum Gasteiger partial charge on any atom is -0.481 e. The Kier molecular flexibility index (Phi) is 4.23. The van der Waals surface area contributed by atoms with Crippen molar-refractivity contribution in [3.05, 3.63) is 35.1 Å². The number of hydrogen-bond acceptors (Lipinski definition) is 1. The van der Waals surface area contributed by atoms with E-state index in [1.54, 1.807) is 13.0 Å². The molecule has 0 heterocycles. The highest BCUT2D eigenvalue weighted by molar-refractivity contribution is 5.71. The number of rotatable bonds is 3. The van der Waals surface area contributed by atoms with Crippen molar-refractivity contribution in [3.8, 4) is 0 Å². The van der Waals surface area contributed by atoms with Gasteiger partial charge in [0, 0.05) is 0 Å². The van der Waals surface area contributed by atoms with Gasteiger partial charge in [-0.25, -0.2) is 4.39 Å². The van der Waals surface area contributed by atoms with Crippen LogP contribution in [-0.4, -0.2) is 11.1 Å². The maximum absolute atomic E-state index is 13.3. The summed E-state index contributed by atoms with van der Waals surface area (Å²) in [6, 6.07) is 5.02. The molecule has 2 rings (SSSR count). The minimum absolute atomic E-state index is 0.0236. The molecule has 0 spiro atoms. The van der Waals surface area contributed by atoms with Crippen molar-refractivity contribution in [1.29, 1.82) is 0 Å². The van der Waals surface area contributed by atoms with E-state index in [1.165, 1.54) is 6.07 Å². The third-order valence-electron chi connectivity index (χ3n) is 4.46. The largest absolute Gasteiger partial charge is 0.481 e. The van der Waals surface area contributed by atoms with Crippen molar-refractivity contribution in [2.45, 2.75) is 45.4 Å². The van der Waals surface area contributed by atoms with Gasteiger partial charge in [0.25, 0.3) is 0 Å². The van der Waals surface area contributed by atoms with E-state index in [4.69, 9.17) is 0 Å². The van der Waals surface area contributed by atoms with Gasteiger partial charge in [0.15, 0.2) is 0 Å². The molecule has 0 bridgehead atoms. The van der Waals surface area contributed by atoms with Gasteiger partial charge in [-0.15, -0.1) is 0 Å². The molecule has 3 unspecified atom stereocenters. The van der Waals surface area contributed by atoms with E-state index in [0.717, 1.165) is 31.2 Å². The van der Waals surface area contributed by atoms with E-state index in [-0.39, 0.29) is 17.7 Å². The van der Waals surface area contributed by atoms with Crippen LogP contribution in [0.25, 0.3) is 0 Å². The van der Waals surface area contributed by atoms with Crippen molar-refractivity contribution in [2.75, 3.05) is 0 Å². The third kappa shape index (κ3) is 2.96. The maximum atomic E-state index is 13.3. The number of carboxylic acids is 1. The summed E-state index contributed by atoms with van der Waals surface area (Å²) in [4.78, 5) is 11.4. The number of aliphatic carboxylic acids is 1. The molecule has 1 saturated carbocycles. The molecule has 0 aromatic heterocycles. The molecule has 0 aliphatic heterocycles. The Labute approximate surface area is 113 Å². The van der Waals surface area contributed by atoms with Crippen LogP contribution in [0.1, 0.15) is 49.7 Å². The monoisotopic (exact) mass is 264 g/mol. The molecule has 1 aromatic rings. The molecular weight excluding hydrogens is 243 g/mol. The Morgan fingerprint density at radius 2 is 2.16 bits per heavy atom.